The van der Waals surface area contributed by atoms with Crippen LogP contribution in [0.4, 0.5) is 0 Å². The number of carboxylic acids is 1. The zero-order chi connectivity index (χ0) is 8.43. The molecule has 0 aromatic heterocycles. The van der Waals surface area contributed by atoms with Crippen LogP contribution in [0.1, 0.15) is 13.3 Å². The third-order valence-electron chi connectivity index (χ3n) is 1.54. The van der Waals surface area contributed by atoms with E-state index in [0.29, 0.717) is 5.71 Å². The summed E-state index contributed by atoms with van der Waals surface area (Å²) in [5.41, 5.74) is 2.75. The molecule has 1 aliphatic rings. The van der Waals surface area contributed by atoms with E-state index in [2.05, 4.69) is 10.5 Å². The van der Waals surface area contributed by atoms with Crippen molar-refractivity contribution in [2.24, 2.45) is 11.0 Å². The van der Waals surface area contributed by atoms with Gasteiger partial charge in [0.2, 0.25) is 5.91 Å². The number of carboxylic acid groups (broad SMARTS) is 1. The molecule has 0 aromatic carbocycles. The van der Waals surface area contributed by atoms with Gasteiger partial charge in [-0.2, -0.15) is 5.10 Å². The highest BCUT2D eigenvalue weighted by Gasteiger charge is 2.28. The van der Waals surface area contributed by atoms with Crippen molar-refractivity contribution in [2.75, 3.05) is 0 Å². The molecule has 1 amide bonds. The van der Waals surface area contributed by atoms with Crippen LogP contribution in [0.25, 0.3) is 0 Å². The molecule has 0 aliphatic carbocycles. The fourth-order valence-corrected chi connectivity index (χ4v) is 0.904. The Bertz CT molecular complexity index is 234. The summed E-state index contributed by atoms with van der Waals surface area (Å²) < 4.78 is 0. The maximum atomic E-state index is 10.8. The second-order valence-corrected chi connectivity index (χ2v) is 2.38. The lowest BCUT2D eigenvalue weighted by atomic mass is 10.0. The summed E-state index contributed by atoms with van der Waals surface area (Å²) in [5.74, 6) is -1.89. The molecule has 0 bridgehead atoms. The van der Waals surface area contributed by atoms with E-state index in [1.54, 1.807) is 6.92 Å². The molecule has 0 unspecified atom stereocenters. The van der Waals surface area contributed by atoms with Gasteiger partial charge in [-0.1, -0.05) is 0 Å². The van der Waals surface area contributed by atoms with Crippen LogP contribution in [0.3, 0.4) is 0 Å². The molecule has 0 saturated carbocycles. The van der Waals surface area contributed by atoms with Crippen LogP contribution in [0.15, 0.2) is 5.10 Å². The van der Waals surface area contributed by atoms with Crippen LogP contribution >= 0.6 is 0 Å². The number of amides is 1. The molecule has 60 valence electrons. The molecule has 5 nitrogen and oxygen atoms in total. The minimum Gasteiger partial charge on any atom is -0.481 e. The average molecular weight is 156 g/mol. The van der Waals surface area contributed by atoms with E-state index in [1.165, 1.54) is 0 Å². The first-order chi connectivity index (χ1) is 5.11. The van der Waals surface area contributed by atoms with Crippen molar-refractivity contribution in [2.45, 2.75) is 13.3 Å². The van der Waals surface area contributed by atoms with E-state index in [9.17, 15) is 9.59 Å². The molecule has 0 saturated heterocycles. The van der Waals surface area contributed by atoms with E-state index in [4.69, 9.17) is 5.11 Å². The summed E-state index contributed by atoms with van der Waals surface area (Å²) in [5, 5.41) is 12.0. The smallest absolute Gasteiger partial charge is 0.304 e. The first kappa shape index (κ1) is 7.71. The number of rotatable bonds is 2. The van der Waals surface area contributed by atoms with Gasteiger partial charge in [-0.25, -0.2) is 5.43 Å². The molecule has 1 heterocycles. The molecular weight excluding hydrogens is 148 g/mol. The minimum atomic E-state index is -0.985. The van der Waals surface area contributed by atoms with Crippen molar-refractivity contribution in [3.05, 3.63) is 0 Å². The molecule has 0 fully saturated rings. The van der Waals surface area contributed by atoms with E-state index in [1.807, 2.05) is 0 Å². The Morgan fingerprint density at radius 1 is 1.82 bits per heavy atom. The average Bonchev–Trinajstić information content (AvgIpc) is 2.18. The van der Waals surface area contributed by atoms with Crippen LogP contribution in [-0.2, 0) is 9.59 Å². The monoisotopic (exact) mass is 156 g/mol. The maximum Gasteiger partial charge on any atom is 0.304 e. The summed E-state index contributed by atoms with van der Waals surface area (Å²) in [6.45, 7) is 1.63. The standard InChI is InChI=1S/C6H8N2O3/c1-3-4(2-5(9)10)6(11)8-7-3/h4H,2H2,1H3,(H,8,11)(H,9,10)/t4-/m1/s1. The van der Waals surface area contributed by atoms with Gasteiger partial charge in [-0.15, -0.1) is 0 Å². The summed E-state index contributed by atoms with van der Waals surface area (Å²) in [4.78, 5) is 21.0. The van der Waals surface area contributed by atoms with Gasteiger partial charge in [-0.3, -0.25) is 9.59 Å². The zero-order valence-corrected chi connectivity index (χ0v) is 6.00. The van der Waals surface area contributed by atoms with Crippen LogP contribution in [-0.4, -0.2) is 22.7 Å². The van der Waals surface area contributed by atoms with Crippen molar-refractivity contribution < 1.29 is 14.7 Å². The lowest BCUT2D eigenvalue weighted by Crippen LogP contribution is -2.24. The number of hydrazone groups is 1. The van der Waals surface area contributed by atoms with E-state index in [-0.39, 0.29) is 12.3 Å². The largest absolute Gasteiger partial charge is 0.481 e. The lowest BCUT2D eigenvalue weighted by molar-refractivity contribution is -0.139. The van der Waals surface area contributed by atoms with Gasteiger partial charge in [0.1, 0.15) is 0 Å². The predicted octanol–water partition coefficient (Wildman–Crippen LogP) is -0.417. The highest BCUT2D eigenvalue weighted by atomic mass is 16.4. The van der Waals surface area contributed by atoms with Crippen molar-refractivity contribution in [3.8, 4) is 0 Å². The lowest BCUT2D eigenvalue weighted by Gasteiger charge is -2.01. The van der Waals surface area contributed by atoms with Crippen LogP contribution in [0, 0.1) is 5.92 Å². The Hall–Kier alpha value is -1.39. The van der Waals surface area contributed by atoms with E-state index < -0.39 is 11.9 Å². The molecule has 2 N–H and O–H groups in total. The molecular formula is C6H8N2O3. The normalized spacial score (nSPS) is 22.8. The summed E-state index contributed by atoms with van der Waals surface area (Å²) in [7, 11) is 0. The van der Waals surface area contributed by atoms with Crippen LogP contribution in [0.2, 0.25) is 0 Å². The predicted molar refractivity (Wildman–Crippen MR) is 37.0 cm³/mol. The molecule has 11 heavy (non-hydrogen) atoms. The molecule has 0 radical (unpaired) electrons. The number of nitrogens with one attached hydrogen (secondary N) is 1. The Morgan fingerprint density at radius 2 is 2.45 bits per heavy atom. The summed E-state index contributed by atoms with van der Waals surface area (Å²) in [6.07, 6.45) is -0.179. The molecule has 5 heteroatoms. The third kappa shape index (κ3) is 1.54. The number of aliphatic carboxylic acids is 1. The third-order valence-corrected chi connectivity index (χ3v) is 1.54. The van der Waals surface area contributed by atoms with Crippen molar-refractivity contribution in [1.82, 2.24) is 5.43 Å². The Labute approximate surface area is 63.1 Å². The molecule has 1 rings (SSSR count). The maximum absolute atomic E-state index is 10.8. The highest BCUT2D eigenvalue weighted by Crippen LogP contribution is 2.10. The fraction of sp³-hybridized carbons (Fsp3) is 0.500. The van der Waals surface area contributed by atoms with Gasteiger partial charge < -0.3 is 5.11 Å². The van der Waals surface area contributed by atoms with Crippen LogP contribution in [0.5, 0.6) is 0 Å². The number of hydrogen-bond acceptors (Lipinski definition) is 3. The van der Waals surface area contributed by atoms with Gasteiger partial charge in [-0.05, 0) is 6.92 Å². The van der Waals surface area contributed by atoms with E-state index >= 15 is 0 Å². The second kappa shape index (κ2) is 2.69. The van der Waals surface area contributed by atoms with Crippen LogP contribution < -0.4 is 5.43 Å². The van der Waals surface area contributed by atoms with Gasteiger partial charge in [0.15, 0.2) is 0 Å². The van der Waals surface area contributed by atoms with Gasteiger partial charge in [0, 0.05) is 5.71 Å². The minimum absolute atomic E-state index is 0.179. The van der Waals surface area contributed by atoms with Crippen molar-refractivity contribution >= 4 is 17.6 Å². The van der Waals surface area contributed by atoms with Crippen molar-refractivity contribution in [3.63, 3.8) is 0 Å². The SMILES string of the molecule is CC1=NNC(=O)[C@@H]1CC(=O)O. The van der Waals surface area contributed by atoms with Gasteiger partial charge in [0.05, 0.1) is 12.3 Å². The number of carbonyl (C=O) groups is 2. The van der Waals surface area contributed by atoms with Gasteiger partial charge >= 0.3 is 5.97 Å². The fourth-order valence-electron chi connectivity index (χ4n) is 0.904. The number of nitrogens with zero attached hydrogens (tertiary/aromatic N) is 1. The highest BCUT2D eigenvalue weighted by molar-refractivity contribution is 6.08. The quantitative estimate of drug-likeness (QED) is 0.570. The molecule has 1 aliphatic heterocycles. The Kier molecular flexibility index (Phi) is 1.89. The Balaban J connectivity index is 2.63. The van der Waals surface area contributed by atoms with Crippen molar-refractivity contribution in [1.29, 1.82) is 0 Å². The summed E-state index contributed by atoms with van der Waals surface area (Å²) >= 11 is 0. The molecule has 0 spiro atoms. The number of carbonyl (C=O) groups excluding carboxylic acids is 1. The van der Waals surface area contributed by atoms with Gasteiger partial charge in [0.25, 0.3) is 0 Å². The molecule has 1 atom stereocenters. The zero-order valence-electron chi connectivity index (χ0n) is 6.00. The first-order valence-corrected chi connectivity index (χ1v) is 3.17. The Morgan fingerprint density at radius 3 is 2.82 bits per heavy atom. The van der Waals surface area contributed by atoms with E-state index in [0.717, 1.165) is 0 Å². The second-order valence-electron chi connectivity index (χ2n) is 2.38. The molecule has 0 aromatic rings. The first-order valence-electron chi connectivity index (χ1n) is 3.17. The topological polar surface area (TPSA) is 78.8 Å². The number of hydrogen-bond donors (Lipinski definition) is 2. The summed E-state index contributed by atoms with van der Waals surface area (Å²) in [6, 6.07) is 0.